The molecule has 0 saturated heterocycles. The Morgan fingerprint density at radius 3 is 2.42 bits per heavy atom. The van der Waals surface area contributed by atoms with Crippen LogP contribution in [0.1, 0.15) is 0 Å². The second-order valence-electron chi connectivity index (χ2n) is 1.83. The Balaban J connectivity index is 0.000000336. The highest BCUT2D eigenvalue weighted by molar-refractivity contribution is 5.67. The van der Waals surface area contributed by atoms with Crippen molar-refractivity contribution in [3.8, 4) is 0 Å². The molecule has 0 atom stereocenters. The van der Waals surface area contributed by atoms with Crippen LogP contribution < -0.4 is 11.3 Å². The zero-order valence-corrected chi connectivity index (χ0v) is 6.53. The molecule has 0 saturated carbocycles. The maximum absolute atomic E-state index is 10.9. The summed E-state index contributed by atoms with van der Waals surface area (Å²) in [5.74, 6) is 0. The van der Waals surface area contributed by atoms with Crippen molar-refractivity contribution in [1.29, 1.82) is 0 Å². The van der Waals surface area contributed by atoms with E-state index in [0.29, 0.717) is 11.2 Å². The van der Waals surface area contributed by atoms with Gasteiger partial charge in [-0.1, -0.05) is 0 Å². The number of hydrogen-bond donors (Lipinski definition) is 3. The van der Waals surface area contributed by atoms with E-state index in [1.165, 1.54) is 19.7 Å². The summed E-state index contributed by atoms with van der Waals surface area (Å²) in [5, 5.41) is 0. The van der Waals surface area contributed by atoms with Gasteiger partial charge in [0.25, 0.3) is 5.56 Å². The Kier molecular flexibility index (Phi) is 2.54. The van der Waals surface area contributed by atoms with Crippen molar-refractivity contribution < 1.29 is 0 Å². The van der Waals surface area contributed by atoms with Gasteiger partial charge >= 0.3 is 0 Å². The van der Waals surface area contributed by atoms with Gasteiger partial charge in [0.15, 0.2) is 11.2 Å². The Morgan fingerprint density at radius 2 is 1.83 bits per heavy atom. The average Bonchev–Trinajstić information content (AvgIpc) is 2.57. The minimum Gasteiger partial charge on any atom is -0.339 e. The molecule has 2 heterocycles. The lowest BCUT2D eigenvalue weighted by molar-refractivity contribution is 1.15. The number of aromatic amines is 2. The number of rotatable bonds is 0. The normalized spacial score (nSPS) is 9.17. The molecule has 0 unspecified atom stereocenters. The van der Waals surface area contributed by atoms with Crippen molar-refractivity contribution in [2.24, 2.45) is 5.73 Å². The number of nitrogens with two attached hydrogens (primary N) is 1. The third-order valence-corrected chi connectivity index (χ3v) is 1.23. The van der Waals surface area contributed by atoms with Gasteiger partial charge in [-0.25, -0.2) is 9.97 Å². The number of aromatic nitrogens is 4. The van der Waals surface area contributed by atoms with Gasteiger partial charge < -0.3 is 15.7 Å². The summed E-state index contributed by atoms with van der Waals surface area (Å²) in [4.78, 5) is 23.6. The van der Waals surface area contributed by atoms with Gasteiger partial charge in [0.1, 0.15) is 0 Å². The quantitative estimate of drug-likeness (QED) is 0.479. The van der Waals surface area contributed by atoms with E-state index in [1.54, 1.807) is 0 Å². The van der Waals surface area contributed by atoms with Gasteiger partial charge in [0.05, 0.1) is 12.7 Å². The highest BCUT2D eigenvalue weighted by Crippen LogP contribution is 1.94. The number of H-pyrrole nitrogens is 2. The predicted octanol–water partition coefficient (Wildman–Crippen LogP) is -0.779. The van der Waals surface area contributed by atoms with Crippen LogP contribution in [0, 0.1) is 0 Å². The van der Waals surface area contributed by atoms with Crippen molar-refractivity contribution in [1.82, 2.24) is 19.9 Å². The molecule has 0 aromatic carbocycles. The van der Waals surface area contributed by atoms with Gasteiger partial charge in [-0.15, -0.1) is 0 Å². The molecule has 2 aromatic rings. The molecule has 0 amide bonds. The fourth-order valence-electron chi connectivity index (χ4n) is 0.776. The third kappa shape index (κ3) is 1.32. The van der Waals surface area contributed by atoms with E-state index in [1.807, 2.05) is 0 Å². The van der Waals surface area contributed by atoms with Gasteiger partial charge in [-0.3, -0.25) is 4.79 Å². The van der Waals surface area contributed by atoms with Gasteiger partial charge in [0, 0.05) is 0 Å². The van der Waals surface area contributed by atoms with Crippen LogP contribution in [0.5, 0.6) is 0 Å². The lowest BCUT2D eigenvalue weighted by Crippen LogP contribution is -2.05. The van der Waals surface area contributed by atoms with Crippen molar-refractivity contribution in [3.63, 3.8) is 0 Å². The smallest absolute Gasteiger partial charge is 0.276 e. The van der Waals surface area contributed by atoms with Gasteiger partial charge in [0.2, 0.25) is 0 Å². The summed E-state index contributed by atoms with van der Waals surface area (Å²) < 4.78 is 0. The topological polar surface area (TPSA) is 100 Å². The molecule has 4 N–H and O–H groups in total. The molecule has 2 rings (SSSR count). The Labute approximate surface area is 67.9 Å². The maximum atomic E-state index is 10.9. The lowest BCUT2D eigenvalue weighted by Gasteiger charge is -1.81. The van der Waals surface area contributed by atoms with Crippen LogP contribution in [-0.4, -0.2) is 27.0 Å². The first-order valence-electron chi connectivity index (χ1n) is 3.32. The van der Waals surface area contributed by atoms with E-state index < -0.39 is 0 Å². The van der Waals surface area contributed by atoms with E-state index in [-0.39, 0.29) is 5.56 Å². The molecule has 0 bridgehead atoms. The van der Waals surface area contributed by atoms with E-state index in [0.717, 1.165) is 0 Å². The van der Waals surface area contributed by atoms with Crippen molar-refractivity contribution >= 4 is 11.2 Å². The molecule has 0 aliphatic rings. The van der Waals surface area contributed by atoms with Crippen molar-refractivity contribution in [2.45, 2.75) is 0 Å². The molecular formula is C6H9N5O. The summed E-state index contributed by atoms with van der Waals surface area (Å²) in [5.41, 5.74) is 5.17. The monoisotopic (exact) mass is 167 g/mol. The highest BCUT2D eigenvalue weighted by atomic mass is 16.1. The van der Waals surface area contributed by atoms with Crippen LogP contribution in [0.4, 0.5) is 0 Å². The van der Waals surface area contributed by atoms with Crippen LogP contribution >= 0.6 is 0 Å². The predicted molar refractivity (Wildman–Crippen MR) is 44.6 cm³/mol. The summed E-state index contributed by atoms with van der Waals surface area (Å²) in [6.07, 6.45) is 2.76. The molecule has 6 heteroatoms. The average molecular weight is 167 g/mol. The van der Waals surface area contributed by atoms with E-state index >= 15 is 0 Å². The SMILES string of the molecule is CN.O=c1[nH]cnc2nc[nH]c12. The molecule has 0 radical (unpaired) electrons. The minimum atomic E-state index is -0.192. The molecule has 6 nitrogen and oxygen atoms in total. The van der Waals surface area contributed by atoms with Gasteiger partial charge in [-0.05, 0) is 7.05 Å². The molecule has 12 heavy (non-hydrogen) atoms. The number of fused-ring (bicyclic) bond motifs is 1. The second-order valence-corrected chi connectivity index (χ2v) is 1.83. The van der Waals surface area contributed by atoms with E-state index in [2.05, 4.69) is 25.7 Å². The fraction of sp³-hybridized carbons (Fsp3) is 0.167. The van der Waals surface area contributed by atoms with Crippen molar-refractivity contribution in [3.05, 3.63) is 23.0 Å². The van der Waals surface area contributed by atoms with Crippen LogP contribution in [-0.2, 0) is 0 Å². The summed E-state index contributed by atoms with van der Waals surface area (Å²) in [6, 6.07) is 0. The fourth-order valence-corrected chi connectivity index (χ4v) is 0.776. The standard InChI is InChI=1S/C5H4N4O.CH5N/c10-5-3-4(7-1-6-3)8-2-9-5;1-2/h1-2H,(H2,6,7,8,9,10);2H2,1H3. The van der Waals surface area contributed by atoms with E-state index in [4.69, 9.17) is 0 Å². The van der Waals surface area contributed by atoms with Crippen LogP contribution in [0.15, 0.2) is 17.4 Å². The molecular weight excluding hydrogens is 158 g/mol. The Morgan fingerprint density at radius 1 is 1.25 bits per heavy atom. The third-order valence-electron chi connectivity index (χ3n) is 1.23. The molecule has 2 aromatic heterocycles. The van der Waals surface area contributed by atoms with Crippen LogP contribution in [0.2, 0.25) is 0 Å². The lowest BCUT2D eigenvalue weighted by atomic mass is 10.6. The largest absolute Gasteiger partial charge is 0.339 e. The molecule has 0 aliphatic carbocycles. The second kappa shape index (κ2) is 3.63. The molecule has 0 spiro atoms. The first-order valence-corrected chi connectivity index (χ1v) is 3.32. The summed E-state index contributed by atoms with van der Waals surface area (Å²) in [7, 11) is 1.50. The Bertz CT molecular complexity index is 403. The molecule has 0 fully saturated rings. The van der Waals surface area contributed by atoms with Crippen molar-refractivity contribution in [2.75, 3.05) is 7.05 Å². The summed E-state index contributed by atoms with van der Waals surface area (Å²) in [6.45, 7) is 0. The number of imidazole rings is 1. The number of nitrogens with one attached hydrogen (secondary N) is 2. The van der Waals surface area contributed by atoms with Crippen LogP contribution in [0.25, 0.3) is 11.2 Å². The number of hydrogen-bond acceptors (Lipinski definition) is 4. The van der Waals surface area contributed by atoms with Crippen LogP contribution in [0.3, 0.4) is 0 Å². The summed E-state index contributed by atoms with van der Waals surface area (Å²) >= 11 is 0. The zero-order chi connectivity index (χ0) is 8.97. The zero-order valence-electron chi connectivity index (χ0n) is 6.53. The van der Waals surface area contributed by atoms with Gasteiger partial charge in [-0.2, -0.15) is 0 Å². The first kappa shape index (κ1) is 8.41. The van der Waals surface area contributed by atoms with E-state index in [9.17, 15) is 4.79 Å². The highest BCUT2D eigenvalue weighted by Gasteiger charge is 1.97. The number of nitrogens with zero attached hydrogens (tertiary/aromatic N) is 2. The minimum absolute atomic E-state index is 0.192. The maximum Gasteiger partial charge on any atom is 0.276 e. The molecule has 0 aliphatic heterocycles. The molecule has 64 valence electrons. The first-order chi connectivity index (χ1) is 5.88. The Hall–Kier alpha value is -1.69.